The van der Waals surface area contributed by atoms with E-state index in [0.717, 1.165) is 13.7 Å². The van der Waals surface area contributed by atoms with Gasteiger partial charge in [0.2, 0.25) is 0 Å². The minimum Gasteiger partial charge on any atom is -0.387 e. The van der Waals surface area contributed by atoms with Crippen molar-refractivity contribution < 1.29 is 5.11 Å². The van der Waals surface area contributed by atoms with E-state index in [1.165, 1.54) is 0 Å². The molecule has 6 heteroatoms. The standard InChI is InChI=1S/C11H11BrIN3O/c1-2-11(17)10-6-16(15-14-10)7-3-4-8(12)9(13)5-7/h3-6,11,17H,2H2,1H3. The van der Waals surface area contributed by atoms with Gasteiger partial charge in [-0.1, -0.05) is 12.1 Å². The highest BCUT2D eigenvalue weighted by atomic mass is 127. The first-order chi connectivity index (χ1) is 8.11. The second-order valence-corrected chi connectivity index (χ2v) is 5.63. The van der Waals surface area contributed by atoms with Crippen LogP contribution in [0.4, 0.5) is 0 Å². The average Bonchev–Trinajstić information content (AvgIpc) is 2.81. The number of hydrogen-bond donors (Lipinski definition) is 1. The lowest BCUT2D eigenvalue weighted by molar-refractivity contribution is 0.169. The van der Waals surface area contributed by atoms with Crippen LogP contribution in [0.2, 0.25) is 0 Å². The van der Waals surface area contributed by atoms with Crippen LogP contribution in [0, 0.1) is 3.57 Å². The van der Waals surface area contributed by atoms with Crippen molar-refractivity contribution in [1.82, 2.24) is 15.0 Å². The summed E-state index contributed by atoms with van der Waals surface area (Å²) in [5.41, 5.74) is 1.53. The largest absolute Gasteiger partial charge is 0.387 e. The highest BCUT2D eigenvalue weighted by Gasteiger charge is 2.10. The summed E-state index contributed by atoms with van der Waals surface area (Å²) in [7, 11) is 0. The fourth-order valence-electron chi connectivity index (χ4n) is 1.39. The number of aliphatic hydroxyl groups excluding tert-OH is 1. The summed E-state index contributed by atoms with van der Waals surface area (Å²) in [6, 6.07) is 5.92. The lowest BCUT2D eigenvalue weighted by Gasteiger charge is -2.03. The molecule has 0 aliphatic carbocycles. The molecule has 1 heterocycles. The third-order valence-corrected chi connectivity index (χ3v) is 4.73. The number of halogens is 2. The lowest BCUT2D eigenvalue weighted by atomic mass is 10.2. The van der Waals surface area contributed by atoms with Crippen LogP contribution >= 0.6 is 38.5 Å². The first kappa shape index (κ1) is 13.0. The average molecular weight is 408 g/mol. The molecule has 1 aromatic carbocycles. The molecule has 0 saturated carbocycles. The van der Waals surface area contributed by atoms with E-state index in [1.807, 2.05) is 25.1 Å². The monoisotopic (exact) mass is 407 g/mol. The Hall–Kier alpha value is -0.470. The molecule has 1 N–H and O–H groups in total. The Kier molecular flexibility index (Phi) is 4.16. The number of aliphatic hydroxyl groups is 1. The molecule has 0 fully saturated rings. The molecule has 0 saturated heterocycles. The van der Waals surface area contributed by atoms with E-state index >= 15 is 0 Å². The molecule has 0 aliphatic heterocycles. The Morgan fingerprint density at radius 3 is 2.94 bits per heavy atom. The van der Waals surface area contributed by atoms with Gasteiger partial charge in [0, 0.05) is 8.04 Å². The van der Waals surface area contributed by atoms with Crippen LogP contribution in [0.5, 0.6) is 0 Å². The normalized spacial score (nSPS) is 12.7. The quantitative estimate of drug-likeness (QED) is 0.795. The molecule has 1 atom stereocenters. The molecule has 17 heavy (non-hydrogen) atoms. The number of aromatic nitrogens is 3. The minimum atomic E-state index is -0.543. The predicted octanol–water partition coefficient (Wildman–Crippen LogP) is 3.08. The van der Waals surface area contributed by atoms with Crippen molar-refractivity contribution >= 4 is 38.5 Å². The summed E-state index contributed by atoms with van der Waals surface area (Å²) in [4.78, 5) is 0. The molecular formula is C11H11BrIN3O. The molecule has 0 spiro atoms. The van der Waals surface area contributed by atoms with Crippen LogP contribution in [0.3, 0.4) is 0 Å². The first-order valence-corrected chi connectivity index (χ1v) is 7.04. The summed E-state index contributed by atoms with van der Waals surface area (Å²) in [5.74, 6) is 0. The van der Waals surface area contributed by atoms with Crippen molar-refractivity contribution in [3.63, 3.8) is 0 Å². The number of nitrogens with zero attached hydrogens (tertiary/aromatic N) is 3. The zero-order chi connectivity index (χ0) is 12.4. The summed E-state index contributed by atoms with van der Waals surface area (Å²) in [6.07, 6.45) is 1.85. The molecule has 0 radical (unpaired) electrons. The molecule has 4 nitrogen and oxygen atoms in total. The van der Waals surface area contributed by atoms with Crippen LogP contribution in [0.25, 0.3) is 5.69 Å². The maximum Gasteiger partial charge on any atom is 0.112 e. The number of benzene rings is 1. The molecule has 2 aromatic rings. The van der Waals surface area contributed by atoms with Gasteiger partial charge in [-0.15, -0.1) is 5.10 Å². The van der Waals surface area contributed by atoms with Gasteiger partial charge < -0.3 is 5.11 Å². The van der Waals surface area contributed by atoms with Gasteiger partial charge in [0.25, 0.3) is 0 Å². The van der Waals surface area contributed by atoms with Crippen LogP contribution in [-0.4, -0.2) is 20.1 Å². The van der Waals surface area contributed by atoms with E-state index in [-0.39, 0.29) is 0 Å². The van der Waals surface area contributed by atoms with Gasteiger partial charge in [-0.3, -0.25) is 0 Å². The van der Waals surface area contributed by atoms with Crippen LogP contribution in [0.1, 0.15) is 25.1 Å². The van der Waals surface area contributed by atoms with Gasteiger partial charge in [-0.2, -0.15) is 0 Å². The molecule has 1 aromatic heterocycles. The molecule has 0 bridgehead atoms. The minimum absolute atomic E-state index is 0.543. The van der Waals surface area contributed by atoms with E-state index in [2.05, 4.69) is 48.8 Å². The topological polar surface area (TPSA) is 50.9 Å². The van der Waals surface area contributed by atoms with Crippen LogP contribution in [0.15, 0.2) is 28.9 Å². The van der Waals surface area contributed by atoms with Crippen LogP contribution < -0.4 is 0 Å². The fourth-order valence-corrected chi connectivity index (χ4v) is 2.14. The summed E-state index contributed by atoms with van der Waals surface area (Å²) in [6.45, 7) is 1.91. The Labute approximate surface area is 121 Å². The highest BCUT2D eigenvalue weighted by molar-refractivity contribution is 14.1. The smallest absolute Gasteiger partial charge is 0.112 e. The summed E-state index contributed by atoms with van der Waals surface area (Å²) < 4.78 is 3.83. The zero-order valence-electron chi connectivity index (χ0n) is 9.14. The first-order valence-electron chi connectivity index (χ1n) is 5.17. The van der Waals surface area contributed by atoms with Gasteiger partial charge in [-0.05, 0) is 63.1 Å². The van der Waals surface area contributed by atoms with Crippen molar-refractivity contribution in [3.05, 3.63) is 38.1 Å². The lowest BCUT2D eigenvalue weighted by Crippen LogP contribution is -1.96. The predicted molar refractivity (Wildman–Crippen MR) is 77.0 cm³/mol. The van der Waals surface area contributed by atoms with Gasteiger partial charge >= 0.3 is 0 Å². The Bertz CT molecular complexity index is 529. The van der Waals surface area contributed by atoms with E-state index in [0.29, 0.717) is 12.1 Å². The Morgan fingerprint density at radius 2 is 2.29 bits per heavy atom. The SMILES string of the molecule is CCC(O)c1cn(-c2ccc(Br)c(I)c2)nn1. The summed E-state index contributed by atoms with van der Waals surface area (Å²) >= 11 is 5.70. The van der Waals surface area contributed by atoms with E-state index < -0.39 is 6.10 Å². The maximum atomic E-state index is 9.66. The number of hydrogen-bond acceptors (Lipinski definition) is 3. The van der Waals surface area contributed by atoms with Crippen molar-refractivity contribution in [2.24, 2.45) is 0 Å². The van der Waals surface area contributed by atoms with Crippen molar-refractivity contribution in [3.8, 4) is 5.69 Å². The van der Waals surface area contributed by atoms with Crippen molar-refractivity contribution in [2.45, 2.75) is 19.4 Å². The highest BCUT2D eigenvalue weighted by Crippen LogP contribution is 2.22. The van der Waals surface area contributed by atoms with Gasteiger partial charge in [0.1, 0.15) is 5.69 Å². The van der Waals surface area contributed by atoms with Crippen molar-refractivity contribution in [2.75, 3.05) is 0 Å². The van der Waals surface area contributed by atoms with Crippen molar-refractivity contribution in [1.29, 1.82) is 0 Å². The van der Waals surface area contributed by atoms with Gasteiger partial charge in [-0.25, -0.2) is 4.68 Å². The third-order valence-electron chi connectivity index (χ3n) is 2.41. The van der Waals surface area contributed by atoms with Gasteiger partial charge in [0.05, 0.1) is 18.0 Å². The van der Waals surface area contributed by atoms with E-state index in [1.54, 1.807) is 10.9 Å². The fraction of sp³-hybridized carbons (Fsp3) is 0.273. The molecular weight excluding hydrogens is 397 g/mol. The van der Waals surface area contributed by atoms with E-state index in [4.69, 9.17) is 0 Å². The number of rotatable bonds is 3. The second kappa shape index (κ2) is 5.45. The molecule has 0 aliphatic rings. The Morgan fingerprint density at radius 1 is 1.53 bits per heavy atom. The van der Waals surface area contributed by atoms with Gasteiger partial charge in [0.15, 0.2) is 0 Å². The third kappa shape index (κ3) is 2.86. The second-order valence-electron chi connectivity index (χ2n) is 3.61. The molecule has 0 amide bonds. The maximum absolute atomic E-state index is 9.66. The molecule has 2 rings (SSSR count). The van der Waals surface area contributed by atoms with Crippen LogP contribution in [-0.2, 0) is 0 Å². The van der Waals surface area contributed by atoms with E-state index in [9.17, 15) is 5.11 Å². The Balaban J connectivity index is 2.33. The molecule has 90 valence electrons. The molecule has 1 unspecified atom stereocenters. The zero-order valence-corrected chi connectivity index (χ0v) is 12.9. The summed E-state index contributed by atoms with van der Waals surface area (Å²) in [5, 5.41) is 17.6.